The first-order valence-corrected chi connectivity index (χ1v) is 12.9. The summed E-state index contributed by atoms with van der Waals surface area (Å²) in [4.78, 5) is 0. The van der Waals surface area contributed by atoms with Crippen LogP contribution >= 0.6 is 0 Å². The molecule has 1 aliphatic rings. The molecular weight excluding hydrogens is 330 g/mol. The van der Waals surface area contributed by atoms with E-state index in [-0.39, 0.29) is 0 Å². The number of nitrogens with zero attached hydrogens (tertiary/aromatic N) is 1. The van der Waals surface area contributed by atoms with E-state index < -0.39 is 8.07 Å². The molecule has 0 saturated heterocycles. The van der Waals surface area contributed by atoms with Gasteiger partial charge in [0.05, 0.1) is 19.0 Å². The van der Waals surface area contributed by atoms with Crippen LogP contribution in [0.1, 0.15) is 29.5 Å². The van der Waals surface area contributed by atoms with Crippen LogP contribution in [0.5, 0.6) is 0 Å². The minimum Gasteiger partial charge on any atom is -0.200 e. The first-order valence-electron chi connectivity index (χ1n) is 9.80. The Morgan fingerprint density at radius 3 is 2.38 bits per heavy atom. The fourth-order valence-corrected chi connectivity index (χ4v) is 7.56. The van der Waals surface area contributed by atoms with E-state index in [0.29, 0.717) is 0 Å². The Morgan fingerprint density at radius 1 is 0.962 bits per heavy atom. The fraction of sp³-hybridized carbons (Fsp3) is 0.375. The number of fused-ring (bicyclic) bond motifs is 1. The second-order valence-corrected chi connectivity index (χ2v) is 13.7. The van der Waals surface area contributed by atoms with E-state index in [9.17, 15) is 0 Å². The topological polar surface area (TPSA) is 3.88 Å². The van der Waals surface area contributed by atoms with Crippen LogP contribution in [-0.2, 0) is 7.05 Å². The molecule has 0 radical (unpaired) electrons. The maximum Gasteiger partial charge on any atom is 0.220 e. The van der Waals surface area contributed by atoms with Crippen molar-refractivity contribution in [2.24, 2.45) is 7.05 Å². The van der Waals surface area contributed by atoms with Gasteiger partial charge in [-0.3, -0.25) is 0 Å². The number of aryl methyl sites for hydroxylation is 3. The van der Waals surface area contributed by atoms with Gasteiger partial charge < -0.3 is 0 Å². The van der Waals surface area contributed by atoms with E-state index in [1.54, 1.807) is 5.19 Å². The van der Waals surface area contributed by atoms with Crippen LogP contribution in [0.15, 0.2) is 42.6 Å². The molecule has 2 heteroatoms. The molecule has 1 aromatic heterocycles. The molecule has 3 aromatic rings. The van der Waals surface area contributed by atoms with Crippen molar-refractivity contribution >= 4 is 24.0 Å². The highest BCUT2D eigenvalue weighted by Crippen LogP contribution is 2.45. The Kier molecular flexibility index (Phi) is 4.07. The molecular formula is C24H30NSi+. The minimum atomic E-state index is -1.31. The molecule has 26 heavy (non-hydrogen) atoms. The van der Waals surface area contributed by atoms with Crippen molar-refractivity contribution in [1.82, 2.24) is 0 Å². The van der Waals surface area contributed by atoms with Crippen LogP contribution in [-0.4, -0.2) is 8.07 Å². The first-order chi connectivity index (χ1) is 12.3. The first kappa shape index (κ1) is 17.5. The molecule has 1 fully saturated rings. The lowest BCUT2D eigenvalue weighted by molar-refractivity contribution is -0.659. The van der Waals surface area contributed by atoms with E-state index in [1.165, 1.54) is 51.6 Å². The number of hydrogen-bond acceptors (Lipinski definition) is 0. The van der Waals surface area contributed by atoms with Crippen molar-refractivity contribution in [2.75, 3.05) is 0 Å². The molecule has 1 heterocycles. The third-order valence-corrected chi connectivity index (χ3v) is 11.0. The summed E-state index contributed by atoms with van der Waals surface area (Å²) in [7, 11) is 0.861. The van der Waals surface area contributed by atoms with Gasteiger partial charge >= 0.3 is 0 Å². The summed E-state index contributed by atoms with van der Waals surface area (Å²) in [6, 6.07) is 14.2. The maximum atomic E-state index is 2.55. The highest BCUT2D eigenvalue weighted by Gasteiger charge is 2.40. The van der Waals surface area contributed by atoms with Crippen LogP contribution in [0.3, 0.4) is 0 Å². The average molecular weight is 361 g/mol. The van der Waals surface area contributed by atoms with Crippen LogP contribution in [0, 0.1) is 20.8 Å². The quantitative estimate of drug-likeness (QED) is 0.439. The lowest BCUT2D eigenvalue weighted by atomic mass is 9.94. The van der Waals surface area contributed by atoms with E-state index in [1.807, 2.05) is 0 Å². The zero-order chi connectivity index (χ0) is 18.6. The van der Waals surface area contributed by atoms with Gasteiger partial charge in [0.2, 0.25) is 5.69 Å². The summed E-state index contributed by atoms with van der Waals surface area (Å²) in [6.07, 6.45) is 5.10. The maximum absolute atomic E-state index is 2.55. The molecule has 0 bridgehead atoms. The van der Waals surface area contributed by atoms with E-state index in [4.69, 9.17) is 0 Å². The van der Waals surface area contributed by atoms with Gasteiger partial charge in [0.1, 0.15) is 7.05 Å². The summed E-state index contributed by atoms with van der Waals surface area (Å²) in [6.45, 7) is 11.8. The molecule has 0 amide bonds. The van der Waals surface area contributed by atoms with Crippen LogP contribution in [0.4, 0.5) is 0 Å². The molecule has 4 rings (SSSR count). The van der Waals surface area contributed by atoms with Crippen molar-refractivity contribution in [3.63, 3.8) is 0 Å². The lowest BCUT2D eigenvalue weighted by Crippen LogP contribution is -2.41. The lowest BCUT2D eigenvalue weighted by Gasteiger charge is -2.23. The van der Waals surface area contributed by atoms with Gasteiger partial charge in [-0.25, -0.2) is 4.57 Å². The molecule has 1 saturated carbocycles. The smallest absolute Gasteiger partial charge is 0.200 e. The molecule has 1 aliphatic carbocycles. The Morgan fingerprint density at radius 2 is 1.69 bits per heavy atom. The Labute approximate surface area is 158 Å². The molecule has 0 aliphatic heterocycles. The Bertz CT molecular complexity index is 1010. The number of hydrogen-bond donors (Lipinski definition) is 0. The van der Waals surface area contributed by atoms with Crippen LogP contribution < -0.4 is 9.75 Å². The highest BCUT2D eigenvalue weighted by atomic mass is 28.3. The third-order valence-electron chi connectivity index (χ3n) is 6.55. The van der Waals surface area contributed by atoms with Crippen molar-refractivity contribution < 1.29 is 4.57 Å². The summed E-state index contributed by atoms with van der Waals surface area (Å²) in [5, 5.41) is 4.37. The van der Waals surface area contributed by atoms with Gasteiger partial charge in [-0.05, 0) is 55.0 Å². The Hall–Kier alpha value is -1.93. The van der Waals surface area contributed by atoms with Gasteiger partial charge in [-0.2, -0.15) is 0 Å². The molecule has 0 atom stereocenters. The summed E-state index contributed by atoms with van der Waals surface area (Å²) < 4.78 is 2.28. The number of aromatic nitrogens is 1. The normalized spacial score (nSPS) is 14.8. The fourth-order valence-electron chi connectivity index (χ4n) is 4.44. The second-order valence-electron chi connectivity index (χ2n) is 8.83. The van der Waals surface area contributed by atoms with Gasteiger partial charge in [0.15, 0.2) is 6.20 Å². The van der Waals surface area contributed by atoms with Crippen molar-refractivity contribution in [1.29, 1.82) is 0 Å². The predicted octanol–water partition coefficient (Wildman–Crippen LogP) is 5.34. The monoisotopic (exact) mass is 360 g/mol. The molecule has 0 N–H and O–H groups in total. The number of pyridine rings is 1. The van der Waals surface area contributed by atoms with Crippen molar-refractivity contribution in [3.8, 4) is 11.3 Å². The van der Waals surface area contributed by atoms with Gasteiger partial charge in [0, 0.05) is 6.07 Å². The summed E-state index contributed by atoms with van der Waals surface area (Å²) in [5.74, 6) is 0. The van der Waals surface area contributed by atoms with Crippen molar-refractivity contribution in [2.45, 2.75) is 52.2 Å². The van der Waals surface area contributed by atoms with Gasteiger partial charge in [-0.1, -0.05) is 54.9 Å². The minimum absolute atomic E-state index is 0.987. The molecule has 2 aromatic carbocycles. The van der Waals surface area contributed by atoms with E-state index in [0.717, 1.165) is 5.54 Å². The van der Waals surface area contributed by atoms with Gasteiger partial charge in [-0.15, -0.1) is 0 Å². The predicted molar refractivity (Wildman–Crippen MR) is 115 cm³/mol. The standard InChI is InChI=1S/C24H30NSi/c1-16-13-17(2)18(3)23(14-16)24-22-10-9-21(26(5,6)20-7-8-20)15-19(22)11-12-25(24)4/h9-15,20H,7-8H2,1-6H3/q+1. The van der Waals surface area contributed by atoms with Crippen LogP contribution in [0.25, 0.3) is 22.0 Å². The average Bonchev–Trinajstić information content (AvgIpc) is 3.43. The molecule has 134 valence electrons. The van der Waals surface area contributed by atoms with E-state index >= 15 is 0 Å². The Balaban J connectivity index is 1.95. The summed E-state index contributed by atoms with van der Waals surface area (Å²) >= 11 is 0. The zero-order valence-corrected chi connectivity index (χ0v) is 18.0. The highest BCUT2D eigenvalue weighted by molar-refractivity contribution is 6.91. The third kappa shape index (κ3) is 2.81. The van der Waals surface area contributed by atoms with E-state index in [2.05, 4.69) is 88.1 Å². The number of rotatable bonds is 3. The second kappa shape index (κ2) is 6.06. The van der Waals surface area contributed by atoms with Crippen LogP contribution in [0.2, 0.25) is 18.6 Å². The molecule has 0 spiro atoms. The SMILES string of the molecule is Cc1cc(C)c(C)c(-c2c3ccc([Si](C)(C)C4CC4)cc3cc[n+]2C)c1. The largest absolute Gasteiger partial charge is 0.220 e. The molecule has 1 nitrogen and oxygen atoms in total. The van der Waals surface area contributed by atoms with Gasteiger partial charge in [0.25, 0.3) is 0 Å². The molecule has 0 unspecified atom stereocenters. The zero-order valence-electron chi connectivity index (χ0n) is 17.0. The van der Waals surface area contributed by atoms with Crippen molar-refractivity contribution in [3.05, 3.63) is 59.3 Å². The number of benzene rings is 2. The summed E-state index contributed by atoms with van der Waals surface area (Å²) in [5.41, 5.74) is 7.78.